The average Bonchev–Trinajstić information content (AvgIpc) is 3.89. The summed E-state index contributed by atoms with van der Waals surface area (Å²) in [5.74, 6) is -0.705. The Morgan fingerprint density at radius 1 is 0.679 bits per heavy atom. The average molecular weight is 716 g/mol. The van der Waals surface area contributed by atoms with Crippen molar-refractivity contribution in [1.82, 2.24) is 9.97 Å². The molecule has 6 rings (SSSR count). The number of aromatic nitrogens is 2. The van der Waals surface area contributed by atoms with Crippen LogP contribution in [0.15, 0.2) is 71.6 Å². The first-order valence-corrected chi connectivity index (χ1v) is 18.4. The fourth-order valence-corrected chi connectivity index (χ4v) is 7.74. The molecule has 2 aromatic rings. The van der Waals surface area contributed by atoms with E-state index in [4.69, 9.17) is 24.5 Å². The Bertz CT molecular complexity index is 2250. The number of nitrogens with one attached hydrogen (secondary N) is 2. The Kier molecular flexibility index (Phi) is 10.5. The normalized spacial score (nSPS) is 19.1. The molecule has 0 unspecified atom stereocenters. The molecule has 276 valence electrons. The predicted octanol–water partition coefficient (Wildman–Crippen LogP) is 8.46. The molecule has 0 saturated carbocycles. The van der Waals surface area contributed by atoms with Gasteiger partial charge in [0.25, 0.3) is 0 Å². The summed E-state index contributed by atoms with van der Waals surface area (Å²) in [5.41, 5.74) is 17.5. The van der Waals surface area contributed by atoms with E-state index in [0.29, 0.717) is 49.2 Å². The zero-order chi connectivity index (χ0) is 38.3. The molecule has 10 heteroatoms. The Labute approximate surface area is 311 Å². The molecule has 2 N–H and O–H groups in total. The van der Waals surface area contributed by atoms with Gasteiger partial charge in [-0.1, -0.05) is 13.8 Å². The number of H-pyrrole nitrogens is 2. The highest BCUT2D eigenvalue weighted by molar-refractivity contribution is 6.52. The van der Waals surface area contributed by atoms with Crippen LogP contribution in [0.5, 0.6) is 0 Å². The van der Waals surface area contributed by atoms with Gasteiger partial charge in [-0.3, -0.25) is 19.4 Å². The van der Waals surface area contributed by atoms with Crippen molar-refractivity contribution in [3.05, 3.63) is 102 Å². The second-order valence-corrected chi connectivity index (χ2v) is 14.1. The third-order valence-corrected chi connectivity index (χ3v) is 11.2. The van der Waals surface area contributed by atoms with Gasteiger partial charge < -0.3 is 19.4 Å². The number of ketones is 1. The molecular weight excluding hydrogens is 667 g/mol. The Morgan fingerprint density at radius 3 is 1.92 bits per heavy atom. The van der Waals surface area contributed by atoms with Crippen molar-refractivity contribution in [1.29, 1.82) is 0 Å². The largest absolute Gasteiger partial charge is 0.469 e. The summed E-state index contributed by atoms with van der Waals surface area (Å²) in [5, 5.41) is 0. The summed E-state index contributed by atoms with van der Waals surface area (Å²) < 4.78 is 9.98. The summed E-state index contributed by atoms with van der Waals surface area (Å²) in [6.07, 6.45) is 9.29. The Balaban J connectivity index is 1.59. The highest BCUT2D eigenvalue weighted by atomic mass is 16.5. The fraction of sp³-hybridized carbons (Fsp3) is 0.395. The smallest absolute Gasteiger partial charge is 0.305 e. The second-order valence-electron chi connectivity index (χ2n) is 14.1. The van der Waals surface area contributed by atoms with Gasteiger partial charge in [-0.05, 0) is 141 Å². The van der Waals surface area contributed by atoms with Crippen LogP contribution >= 0.6 is 0 Å². The molecule has 0 aliphatic carbocycles. The van der Waals surface area contributed by atoms with E-state index in [9.17, 15) is 14.4 Å². The third-order valence-electron chi connectivity index (χ3n) is 11.2. The highest BCUT2D eigenvalue weighted by Gasteiger charge is 2.31. The van der Waals surface area contributed by atoms with Crippen molar-refractivity contribution >= 4 is 47.0 Å². The molecule has 4 aliphatic heterocycles. The highest BCUT2D eigenvalue weighted by Crippen LogP contribution is 2.37. The Morgan fingerprint density at radius 2 is 1.28 bits per heavy atom. The molecule has 10 bridgehead atoms. The molecular formula is C43H49N5O5. The van der Waals surface area contributed by atoms with Gasteiger partial charge in [0.15, 0.2) is 0 Å². The summed E-state index contributed by atoms with van der Waals surface area (Å²) >= 11 is 0. The summed E-state index contributed by atoms with van der Waals surface area (Å²) in [6.45, 7) is 16.4. The molecule has 53 heavy (non-hydrogen) atoms. The van der Waals surface area contributed by atoms with Gasteiger partial charge in [0.05, 0.1) is 48.4 Å². The minimum Gasteiger partial charge on any atom is -0.469 e. The van der Waals surface area contributed by atoms with E-state index in [1.165, 1.54) is 14.2 Å². The van der Waals surface area contributed by atoms with Gasteiger partial charge in [0, 0.05) is 36.3 Å². The van der Waals surface area contributed by atoms with E-state index in [1.807, 2.05) is 46.8 Å². The molecule has 0 saturated heterocycles. The van der Waals surface area contributed by atoms with Crippen molar-refractivity contribution in [2.75, 3.05) is 14.2 Å². The number of carbonyl (C=O) groups excluding carboxylic acids is 3. The zero-order valence-electron chi connectivity index (χ0n) is 32.6. The monoisotopic (exact) mass is 715 g/mol. The first-order valence-electron chi connectivity index (χ1n) is 18.4. The molecule has 6 heterocycles. The summed E-state index contributed by atoms with van der Waals surface area (Å²) in [6, 6.07) is 0. The van der Waals surface area contributed by atoms with E-state index in [2.05, 4.69) is 36.8 Å². The molecule has 0 atom stereocenters. The van der Waals surface area contributed by atoms with Crippen molar-refractivity contribution in [2.45, 2.75) is 100 Å². The lowest BCUT2D eigenvalue weighted by atomic mass is 9.96. The number of Topliss-reactive ketones (excluding diaryl/α,β-unsaturated/α-hetero) is 1. The number of methoxy groups -OCH3 is 2. The van der Waals surface area contributed by atoms with Crippen LogP contribution in [0.2, 0.25) is 0 Å². The lowest BCUT2D eigenvalue weighted by Crippen LogP contribution is -2.17. The number of fused-ring (bicyclic) bond motifs is 7. The maximum atomic E-state index is 14.5. The number of esters is 2. The van der Waals surface area contributed by atoms with Crippen molar-refractivity contribution in [3.63, 3.8) is 0 Å². The van der Waals surface area contributed by atoms with Crippen LogP contribution in [-0.4, -0.2) is 59.0 Å². The van der Waals surface area contributed by atoms with Gasteiger partial charge >= 0.3 is 11.9 Å². The minimum atomic E-state index is -0.288. The molecule has 2 aromatic heterocycles. The molecule has 0 fully saturated rings. The lowest BCUT2D eigenvalue weighted by molar-refractivity contribution is -0.141. The number of rotatable bonds is 8. The van der Waals surface area contributed by atoms with E-state index >= 15 is 0 Å². The molecule has 0 aromatic carbocycles. The third kappa shape index (κ3) is 6.82. The number of aliphatic imine (C=N–C) groups is 3. The molecule has 0 amide bonds. The second kappa shape index (κ2) is 14.9. The maximum Gasteiger partial charge on any atom is 0.305 e. The van der Waals surface area contributed by atoms with E-state index < -0.39 is 0 Å². The quantitative estimate of drug-likeness (QED) is 0.264. The standard InChI is InChI=1S/C43H49N5O5/c1-11-27-23(5)35-17-33-25(7)29(13-15-39(49)52-9)37(45-33)19-31-21(3)22(4)32(44-31)20-38-30(14-16-40(50)53-10)26(8)34(46-38)18-36-24(6)28(12-2)42(48-36)43(51)41(27)47-35/h17-19,44,48H,11-16,20H2,1-10H3/b34-18?,35-17-,37-19-. The predicted molar refractivity (Wildman–Crippen MR) is 210 cm³/mol. The van der Waals surface area contributed by atoms with Gasteiger partial charge in [-0.25, -0.2) is 9.98 Å². The number of carbonyl (C=O) groups is 3. The van der Waals surface area contributed by atoms with Crippen molar-refractivity contribution < 1.29 is 23.9 Å². The van der Waals surface area contributed by atoms with Crippen LogP contribution in [-0.2, 0) is 31.9 Å². The number of ether oxygens (including phenoxy) is 2. The van der Waals surface area contributed by atoms with Crippen LogP contribution in [0.25, 0.3) is 12.2 Å². The molecule has 10 nitrogen and oxygen atoms in total. The van der Waals surface area contributed by atoms with Gasteiger partial charge in [0.2, 0.25) is 5.78 Å². The SMILES string of the molecule is CCC1=C(C)/C2=C/C3=NC(=C\c4[nH]c(c(C)c4C)CC4=NC(=Cc5[nH]c(c(CC)c5C)C(=O)C1=N2)C(C)=C4CCC(=O)OC)/C(CCC(=O)OC)=C3C. The van der Waals surface area contributed by atoms with Gasteiger partial charge in [0.1, 0.15) is 5.71 Å². The number of hydrogen-bond donors (Lipinski definition) is 2. The van der Waals surface area contributed by atoms with Gasteiger partial charge in [-0.15, -0.1) is 0 Å². The summed E-state index contributed by atoms with van der Waals surface area (Å²) in [7, 11) is 2.80. The van der Waals surface area contributed by atoms with E-state index in [1.54, 1.807) is 0 Å². The summed E-state index contributed by atoms with van der Waals surface area (Å²) in [4.78, 5) is 61.5. The lowest BCUT2D eigenvalue weighted by Gasteiger charge is -2.08. The topological polar surface area (TPSA) is 138 Å². The molecule has 4 aliphatic rings. The number of aromatic amines is 2. The minimum absolute atomic E-state index is 0.141. The molecule has 0 spiro atoms. The van der Waals surface area contributed by atoms with Crippen LogP contribution < -0.4 is 0 Å². The zero-order valence-corrected chi connectivity index (χ0v) is 32.6. The first-order chi connectivity index (χ1) is 25.3. The molecule has 0 radical (unpaired) electrons. The van der Waals surface area contributed by atoms with Gasteiger partial charge in [-0.2, -0.15) is 0 Å². The number of allylic oxidation sites excluding steroid dienone is 7. The van der Waals surface area contributed by atoms with E-state index in [-0.39, 0.29) is 30.6 Å². The fourth-order valence-electron chi connectivity index (χ4n) is 7.74. The number of hydrogen-bond acceptors (Lipinski definition) is 8. The number of nitrogens with zero attached hydrogens (tertiary/aromatic N) is 3. The van der Waals surface area contributed by atoms with Crippen LogP contribution in [0.4, 0.5) is 0 Å². The van der Waals surface area contributed by atoms with Crippen LogP contribution in [0.1, 0.15) is 117 Å². The maximum absolute atomic E-state index is 14.5. The van der Waals surface area contributed by atoms with Crippen LogP contribution in [0, 0.1) is 20.8 Å². The van der Waals surface area contributed by atoms with Crippen molar-refractivity contribution in [2.24, 2.45) is 15.0 Å². The first kappa shape index (κ1) is 37.4. The van der Waals surface area contributed by atoms with Crippen LogP contribution in [0.3, 0.4) is 0 Å². The van der Waals surface area contributed by atoms with E-state index in [0.717, 1.165) is 95.6 Å². The van der Waals surface area contributed by atoms with Crippen molar-refractivity contribution in [3.8, 4) is 0 Å². The Hall–Kier alpha value is -5.38.